The third-order valence-electron chi connectivity index (χ3n) is 3.71. The van der Waals surface area contributed by atoms with Gasteiger partial charge in [0, 0.05) is 39.5 Å². The molecule has 1 unspecified atom stereocenters. The van der Waals surface area contributed by atoms with Crippen LogP contribution in [0.5, 0.6) is 0 Å². The van der Waals surface area contributed by atoms with E-state index in [-0.39, 0.29) is 24.2 Å². The number of halogens is 1. The molecule has 1 aliphatic heterocycles. The van der Waals surface area contributed by atoms with Crippen LogP contribution < -0.4 is 10.2 Å². The average molecular weight is 309 g/mol. The maximum atomic E-state index is 13.0. The maximum Gasteiger partial charge on any atom is 0.249 e. The summed E-state index contributed by atoms with van der Waals surface area (Å²) in [5.41, 5.74) is 0.828. The molecule has 2 amide bonds. The number of hydrogen-bond donors (Lipinski definition) is 1. The van der Waals surface area contributed by atoms with Crippen LogP contribution in [0.15, 0.2) is 24.3 Å². The molecule has 1 aliphatic rings. The predicted octanol–water partition coefficient (Wildman–Crippen LogP) is 0.235. The molecule has 1 fully saturated rings. The molecule has 0 aromatic heterocycles. The Morgan fingerprint density at radius 3 is 2.59 bits per heavy atom. The van der Waals surface area contributed by atoms with E-state index < -0.39 is 6.04 Å². The lowest BCUT2D eigenvalue weighted by Crippen LogP contribution is -2.61. The molecule has 1 saturated heterocycles. The Morgan fingerprint density at radius 2 is 2.00 bits per heavy atom. The molecule has 1 aromatic rings. The number of methoxy groups -OCH3 is 1. The first kappa shape index (κ1) is 16.2. The van der Waals surface area contributed by atoms with Crippen molar-refractivity contribution >= 4 is 17.5 Å². The zero-order valence-corrected chi connectivity index (χ0v) is 12.7. The number of nitrogens with one attached hydrogen (secondary N) is 1. The number of likely N-dealkylation sites (N-methyl/N-ethyl adjacent to an activating group) is 1. The summed E-state index contributed by atoms with van der Waals surface area (Å²) >= 11 is 0. The monoisotopic (exact) mass is 309 g/mol. The van der Waals surface area contributed by atoms with Crippen molar-refractivity contribution < 1.29 is 18.7 Å². The van der Waals surface area contributed by atoms with Gasteiger partial charge in [0.15, 0.2) is 0 Å². The molecular formula is C15H20FN3O3. The van der Waals surface area contributed by atoms with Gasteiger partial charge in [-0.2, -0.15) is 0 Å². The SMILES string of the molecule is CNC(=O)C1CN(c2ccc(F)cc2)CCN1C(=O)COC. The number of nitrogens with zero attached hydrogens (tertiary/aromatic N) is 2. The van der Waals surface area contributed by atoms with Gasteiger partial charge in [-0.05, 0) is 24.3 Å². The number of ether oxygens (including phenoxy) is 1. The van der Waals surface area contributed by atoms with Crippen molar-refractivity contribution in [2.45, 2.75) is 6.04 Å². The van der Waals surface area contributed by atoms with Crippen LogP contribution in [-0.4, -0.2) is 63.2 Å². The summed E-state index contributed by atoms with van der Waals surface area (Å²) < 4.78 is 17.9. The highest BCUT2D eigenvalue weighted by Crippen LogP contribution is 2.20. The maximum absolute atomic E-state index is 13.0. The number of piperazine rings is 1. The summed E-state index contributed by atoms with van der Waals surface area (Å²) in [4.78, 5) is 27.7. The van der Waals surface area contributed by atoms with Crippen LogP contribution in [0.1, 0.15) is 0 Å². The highest BCUT2D eigenvalue weighted by atomic mass is 19.1. The Hall–Kier alpha value is -2.15. The quantitative estimate of drug-likeness (QED) is 0.865. The van der Waals surface area contributed by atoms with Gasteiger partial charge in [-0.15, -0.1) is 0 Å². The van der Waals surface area contributed by atoms with E-state index >= 15 is 0 Å². The van der Waals surface area contributed by atoms with E-state index in [9.17, 15) is 14.0 Å². The normalized spacial score (nSPS) is 18.2. The molecule has 0 bridgehead atoms. The van der Waals surface area contributed by atoms with Gasteiger partial charge in [0.2, 0.25) is 11.8 Å². The van der Waals surface area contributed by atoms with Crippen molar-refractivity contribution in [3.63, 3.8) is 0 Å². The first-order chi connectivity index (χ1) is 10.6. The summed E-state index contributed by atoms with van der Waals surface area (Å²) in [7, 11) is 2.99. The summed E-state index contributed by atoms with van der Waals surface area (Å²) in [6.07, 6.45) is 0. The van der Waals surface area contributed by atoms with Crippen molar-refractivity contribution in [1.29, 1.82) is 0 Å². The third kappa shape index (κ3) is 3.54. The van der Waals surface area contributed by atoms with E-state index in [1.807, 2.05) is 4.90 Å². The zero-order chi connectivity index (χ0) is 16.1. The van der Waals surface area contributed by atoms with Gasteiger partial charge in [-0.1, -0.05) is 0 Å². The zero-order valence-electron chi connectivity index (χ0n) is 12.7. The van der Waals surface area contributed by atoms with Crippen LogP contribution in [0.4, 0.5) is 10.1 Å². The van der Waals surface area contributed by atoms with Crippen LogP contribution in [0.2, 0.25) is 0 Å². The number of benzene rings is 1. The van der Waals surface area contributed by atoms with E-state index in [4.69, 9.17) is 4.74 Å². The summed E-state index contributed by atoms with van der Waals surface area (Å²) in [6.45, 7) is 1.30. The van der Waals surface area contributed by atoms with Gasteiger partial charge >= 0.3 is 0 Å². The molecule has 22 heavy (non-hydrogen) atoms. The van der Waals surface area contributed by atoms with E-state index in [2.05, 4.69) is 5.32 Å². The molecule has 1 heterocycles. The Balaban J connectivity index is 2.15. The number of hydrogen-bond acceptors (Lipinski definition) is 4. The fourth-order valence-electron chi connectivity index (χ4n) is 2.57. The molecule has 120 valence electrons. The van der Waals surface area contributed by atoms with E-state index in [0.29, 0.717) is 19.6 Å². The molecule has 0 spiro atoms. The standard InChI is InChI=1S/C15H20FN3O3/c1-17-15(21)13-9-18(12-5-3-11(16)4-6-12)7-8-19(13)14(20)10-22-2/h3-6,13H,7-10H2,1-2H3,(H,17,21). The first-order valence-corrected chi connectivity index (χ1v) is 7.07. The van der Waals surface area contributed by atoms with Crippen molar-refractivity contribution in [3.05, 3.63) is 30.1 Å². The number of anilines is 1. The minimum atomic E-state index is -0.591. The van der Waals surface area contributed by atoms with E-state index in [1.165, 1.54) is 31.2 Å². The van der Waals surface area contributed by atoms with Crippen LogP contribution in [0.3, 0.4) is 0 Å². The smallest absolute Gasteiger partial charge is 0.249 e. The molecule has 2 rings (SSSR count). The summed E-state index contributed by atoms with van der Waals surface area (Å²) in [5.74, 6) is -0.744. The fraction of sp³-hybridized carbons (Fsp3) is 0.467. The highest BCUT2D eigenvalue weighted by Gasteiger charge is 2.34. The third-order valence-corrected chi connectivity index (χ3v) is 3.71. The lowest BCUT2D eigenvalue weighted by Gasteiger charge is -2.41. The Bertz CT molecular complexity index is 535. The van der Waals surface area contributed by atoms with Gasteiger partial charge < -0.3 is 19.9 Å². The molecule has 1 aromatic carbocycles. The second kappa shape index (κ2) is 7.22. The molecular weight excluding hydrogens is 289 g/mol. The number of carbonyl (C=O) groups is 2. The van der Waals surface area contributed by atoms with Gasteiger partial charge in [0.1, 0.15) is 18.5 Å². The predicted molar refractivity (Wildman–Crippen MR) is 80.1 cm³/mol. The van der Waals surface area contributed by atoms with Crippen LogP contribution in [0.25, 0.3) is 0 Å². The van der Waals surface area contributed by atoms with Crippen molar-refractivity contribution in [3.8, 4) is 0 Å². The topological polar surface area (TPSA) is 61.9 Å². The van der Waals surface area contributed by atoms with Crippen LogP contribution in [0, 0.1) is 5.82 Å². The molecule has 0 radical (unpaired) electrons. The average Bonchev–Trinajstić information content (AvgIpc) is 2.54. The molecule has 1 N–H and O–H groups in total. The fourth-order valence-corrected chi connectivity index (χ4v) is 2.57. The number of rotatable bonds is 4. The number of amides is 2. The van der Waals surface area contributed by atoms with Gasteiger partial charge in [-0.25, -0.2) is 4.39 Å². The van der Waals surface area contributed by atoms with Crippen LogP contribution >= 0.6 is 0 Å². The van der Waals surface area contributed by atoms with Crippen molar-refractivity contribution in [1.82, 2.24) is 10.2 Å². The molecule has 6 nitrogen and oxygen atoms in total. The van der Waals surface area contributed by atoms with E-state index in [1.54, 1.807) is 12.1 Å². The largest absolute Gasteiger partial charge is 0.375 e. The molecule has 7 heteroatoms. The Kier molecular flexibility index (Phi) is 5.32. The van der Waals surface area contributed by atoms with Gasteiger partial charge in [0.25, 0.3) is 0 Å². The minimum absolute atomic E-state index is 0.0515. The second-order valence-corrected chi connectivity index (χ2v) is 5.07. The highest BCUT2D eigenvalue weighted by molar-refractivity contribution is 5.89. The van der Waals surface area contributed by atoms with Gasteiger partial charge in [0.05, 0.1) is 0 Å². The van der Waals surface area contributed by atoms with Crippen molar-refractivity contribution in [2.75, 3.05) is 45.3 Å². The first-order valence-electron chi connectivity index (χ1n) is 7.07. The molecule has 1 atom stereocenters. The summed E-state index contributed by atoms with van der Waals surface area (Å²) in [6, 6.07) is 5.51. The Morgan fingerprint density at radius 1 is 1.32 bits per heavy atom. The van der Waals surface area contributed by atoms with Crippen LogP contribution in [-0.2, 0) is 14.3 Å². The Labute approximate surface area is 128 Å². The molecule has 0 aliphatic carbocycles. The lowest BCUT2D eigenvalue weighted by molar-refractivity contribution is -0.143. The lowest BCUT2D eigenvalue weighted by atomic mass is 10.1. The van der Waals surface area contributed by atoms with E-state index in [0.717, 1.165) is 5.69 Å². The summed E-state index contributed by atoms with van der Waals surface area (Å²) in [5, 5.41) is 2.58. The van der Waals surface area contributed by atoms with Crippen molar-refractivity contribution in [2.24, 2.45) is 0 Å². The number of carbonyl (C=O) groups excluding carboxylic acids is 2. The minimum Gasteiger partial charge on any atom is -0.375 e. The molecule has 0 saturated carbocycles. The second-order valence-electron chi connectivity index (χ2n) is 5.07. The van der Waals surface area contributed by atoms with Gasteiger partial charge in [-0.3, -0.25) is 9.59 Å².